The van der Waals surface area contributed by atoms with Crippen LogP contribution in [0, 0.1) is 0 Å². The lowest BCUT2D eigenvalue weighted by atomic mass is 10.00. The van der Waals surface area contributed by atoms with Crippen molar-refractivity contribution in [2.24, 2.45) is 0 Å². The summed E-state index contributed by atoms with van der Waals surface area (Å²) in [5, 5.41) is 2.31. The Hall–Kier alpha value is -7.43. The van der Waals surface area contributed by atoms with Gasteiger partial charge in [-0.25, -0.2) is 15.0 Å². The Kier molecular flexibility index (Phi) is 7.84. The van der Waals surface area contributed by atoms with Gasteiger partial charge in [0.2, 0.25) is 0 Å². The molecule has 10 aromatic rings. The summed E-state index contributed by atoms with van der Waals surface area (Å²) in [5.41, 5.74) is 11.8. The van der Waals surface area contributed by atoms with Crippen molar-refractivity contribution in [3.05, 3.63) is 206 Å². The van der Waals surface area contributed by atoms with Gasteiger partial charge in [-0.2, -0.15) is 0 Å². The van der Waals surface area contributed by atoms with Gasteiger partial charge in [0, 0.05) is 33.0 Å². The number of benzene rings is 8. The van der Waals surface area contributed by atoms with Crippen molar-refractivity contribution in [2.45, 2.75) is 0 Å². The van der Waals surface area contributed by atoms with E-state index in [9.17, 15) is 1.37 Å². The molecule has 55 heavy (non-hydrogen) atoms. The molecule has 0 bridgehead atoms. The Morgan fingerprint density at radius 3 is 1.35 bits per heavy atom. The standard InChI is InChI=1S/C51H34N4/c1-4-15-35(16-5-1)37-27-29-39(30-28-37)49-52-50(41-22-14-21-40(33-41)36-17-6-2-7-18-36)54-51(53-49)42-31-32-43(38-19-8-3-9-20-38)48(34-42)55-46-25-12-10-23-44(46)45-24-11-13-26-47(45)55/h1-34H/i32D. The summed E-state index contributed by atoms with van der Waals surface area (Å²) in [6, 6.07) is 68.9. The van der Waals surface area contributed by atoms with Crippen LogP contribution in [0.2, 0.25) is 0 Å². The Labute approximate surface area is 321 Å². The van der Waals surface area contributed by atoms with E-state index in [2.05, 4.69) is 144 Å². The first-order valence-corrected chi connectivity index (χ1v) is 18.4. The predicted molar refractivity (Wildman–Crippen MR) is 227 cm³/mol. The SMILES string of the molecule is [2H]c1cc(-c2nc(-c3ccc(-c4ccccc4)cc3)nc(-c3cccc(-c4ccccc4)c3)n2)cc(-n2c3ccccc3c3ccccc32)c1-c1ccccc1. The summed E-state index contributed by atoms with van der Waals surface area (Å²) < 4.78 is 11.9. The first-order valence-electron chi connectivity index (χ1n) is 18.9. The molecule has 4 heteroatoms. The van der Waals surface area contributed by atoms with Crippen LogP contribution in [-0.2, 0) is 0 Å². The molecule has 2 heterocycles. The maximum atomic E-state index is 9.64. The highest BCUT2D eigenvalue weighted by Crippen LogP contribution is 2.38. The lowest BCUT2D eigenvalue weighted by molar-refractivity contribution is 1.07. The van der Waals surface area contributed by atoms with Crippen molar-refractivity contribution in [3.8, 4) is 73.2 Å². The first kappa shape index (κ1) is 31.1. The molecule has 0 spiro atoms. The van der Waals surface area contributed by atoms with E-state index in [-0.39, 0.29) is 0 Å². The van der Waals surface area contributed by atoms with Crippen LogP contribution in [-0.4, -0.2) is 19.5 Å². The van der Waals surface area contributed by atoms with Crippen LogP contribution in [0.1, 0.15) is 1.37 Å². The van der Waals surface area contributed by atoms with E-state index in [1.807, 2.05) is 60.7 Å². The fraction of sp³-hybridized carbons (Fsp3) is 0. The van der Waals surface area contributed by atoms with Crippen LogP contribution in [0.15, 0.2) is 206 Å². The third-order valence-electron chi connectivity index (χ3n) is 10.2. The van der Waals surface area contributed by atoms with Crippen LogP contribution >= 0.6 is 0 Å². The largest absolute Gasteiger partial charge is 0.309 e. The minimum atomic E-state index is 0.382. The van der Waals surface area contributed by atoms with E-state index < -0.39 is 0 Å². The molecule has 2 aromatic heterocycles. The highest BCUT2D eigenvalue weighted by Gasteiger charge is 2.19. The molecule has 0 aliphatic carbocycles. The van der Waals surface area contributed by atoms with Crippen molar-refractivity contribution in [2.75, 3.05) is 0 Å². The minimum absolute atomic E-state index is 0.382. The topological polar surface area (TPSA) is 43.6 Å². The molecular formula is C51H34N4. The van der Waals surface area contributed by atoms with E-state index in [1.165, 1.54) is 0 Å². The summed E-state index contributed by atoms with van der Waals surface area (Å²) in [6.45, 7) is 0. The molecule has 258 valence electrons. The molecular weight excluding hydrogens is 669 g/mol. The molecule has 0 aliphatic rings. The minimum Gasteiger partial charge on any atom is -0.309 e. The second kappa shape index (κ2) is 13.8. The summed E-state index contributed by atoms with van der Waals surface area (Å²) in [5.74, 6) is 1.62. The third-order valence-corrected chi connectivity index (χ3v) is 10.2. The van der Waals surface area contributed by atoms with Gasteiger partial charge in [0.1, 0.15) is 0 Å². The number of nitrogens with zero attached hydrogens (tertiary/aromatic N) is 4. The zero-order valence-corrected chi connectivity index (χ0v) is 29.8. The van der Waals surface area contributed by atoms with Gasteiger partial charge in [0.05, 0.1) is 18.1 Å². The van der Waals surface area contributed by atoms with E-state index in [4.69, 9.17) is 15.0 Å². The summed E-state index contributed by atoms with van der Waals surface area (Å²) >= 11 is 0. The normalized spacial score (nSPS) is 11.5. The maximum Gasteiger partial charge on any atom is 0.164 e. The smallest absolute Gasteiger partial charge is 0.164 e. The number of hydrogen-bond acceptors (Lipinski definition) is 3. The Morgan fingerprint density at radius 1 is 0.327 bits per heavy atom. The van der Waals surface area contributed by atoms with Crippen LogP contribution < -0.4 is 0 Å². The molecule has 0 unspecified atom stereocenters. The predicted octanol–water partition coefficient (Wildman–Crippen LogP) is 13.0. The van der Waals surface area contributed by atoms with Crippen molar-refractivity contribution in [3.63, 3.8) is 0 Å². The molecule has 4 nitrogen and oxygen atoms in total. The Balaban J connectivity index is 1.20. The van der Waals surface area contributed by atoms with Crippen LogP contribution in [0.3, 0.4) is 0 Å². The number of rotatable bonds is 7. The molecule has 0 atom stereocenters. The summed E-state index contributed by atoms with van der Waals surface area (Å²) in [6.07, 6.45) is 0. The molecule has 0 saturated carbocycles. The van der Waals surface area contributed by atoms with Crippen LogP contribution in [0.4, 0.5) is 0 Å². The average molecular weight is 704 g/mol. The molecule has 10 rings (SSSR count). The van der Waals surface area contributed by atoms with Crippen molar-refractivity contribution in [1.29, 1.82) is 0 Å². The van der Waals surface area contributed by atoms with Gasteiger partial charge in [-0.15, -0.1) is 0 Å². The number of para-hydroxylation sites is 2. The molecule has 0 amide bonds. The van der Waals surface area contributed by atoms with E-state index >= 15 is 0 Å². The number of aromatic nitrogens is 4. The lowest BCUT2D eigenvalue weighted by Crippen LogP contribution is -2.02. The third kappa shape index (κ3) is 6.06. The Morgan fingerprint density at radius 2 is 0.745 bits per heavy atom. The van der Waals surface area contributed by atoms with Gasteiger partial charge in [-0.1, -0.05) is 182 Å². The van der Waals surface area contributed by atoms with Gasteiger partial charge < -0.3 is 4.57 Å². The number of fused-ring (bicyclic) bond motifs is 3. The van der Waals surface area contributed by atoms with E-state index in [0.717, 1.165) is 77.6 Å². The van der Waals surface area contributed by atoms with Gasteiger partial charge in [-0.05, 0) is 52.1 Å². The van der Waals surface area contributed by atoms with E-state index in [1.54, 1.807) is 0 Å². The molecule has 0 N–H and O–H groups in total. The molecule has 0 aliphatic heterocycles. The fourth-order valence-electron chi connectivity index (χ4n) is 7.48. The second-order valence-electron chi connectivity index (χ2n) is 13.6. The average Bonchev–Trinajstić information content (AvgIpc) is 3.61. The molecule has 0 fully saturated rings. The van der Waals surface area contributed by atoms with Gasteiger partial charge in [0.15, 0.2) is 17.5 Å². The fourth-order valence-corrected chi connectivity index (χ4v) is 7.48. The van der Waals surface area contributed by atoms with Crippen molar-refractivity contribution < 1.29 is 1.37 Å². The monoisotopic (exact) mass is 703 g/mol. The van der Waals surface area contributed by atoms with Crippen molar-refractivity contribution in [1.82, 2.24) is 19.5 Å². The van der Waals surface area contributed by atoms with Crippen LogP contribution in [0.25, 0.3) is 95.0 Å². The molecule has 0 saturated heterocycles. The van der Waals surface area contributed by atoms with Crippen molar-refractivity contribution >= 4 is 21.8 Å². The maximum absolute atomic E-state index is 9.64. The van der Waals surface area contributed by atoms with Gasteiger partial charge >= 0.3 is 0 Å². The highest BCUT2D eigenvalue weighted by molar-refractivity contribution is 6.09. The quantitative estimate of drug-likeness (QED) is 0.166. The molecule has 0 radical (unpaired) electrons. The number of hydrogen-bond donors (Lipinski definition) is 0. The van der Waals surface area contributed by atoms with Crippen LogP contribution in [0.5, 0.6) is 0 Å². The summed E-state index contributed by atoms with van der Waals surface area (Å²) in [7, 11) is 0. The van der Waals surface area contributed by atoms with Gasteiger partial charge in [0.25, 0.3) is 0 Å². The zero-order chi connectivity index (χ0) is 37.4. The zero-order valence-electron chi connectivity index (χ0n) is 30.8. The highest BCUT2D eigenvalue weighted by atomic mass is 15.0. The Bertz CT molecular complexity index is 2960. The van der Waals surface area contributed by atoms with Gasteiger partial charge in [-0.3, -0.25) is 0 Å². The lowest BCUT2D eigenvalue weighted by Gasteiger charge is -2.16. The molecule has 8 aromatic carbocycles. The second-order valence-corrected chi connectivity index (χ2v) is 13.6. The summed E-state index contributed by atoms with van der Waals surface area (Å²) in [4.78, 5) is 15.4. The first-order chi connectivity index (χ1) is 27.7. The van der Waals surface area contributed by atoms with E-state index in [0.29, 0.717) is 23.5 Å².